The molecule has 0 aliphatic carbocycles. The molecule has 1 aromatic carbocycles. The van der Waals surface area contributed by atoms with E-state index >= 15 is 0 Å². The summed E-state index contributed by atoms with van der Waals surface area (Å²) < 4.78 is 41.4. The fourth-order valence-corrected chi connectivity index (χ4v) is 4.25. The molecule has 1 aliphatic rings. The van der Waals surface area contributed by atoms with Crippen LogP contribution in [0.3, 0.4) is 0 Å². The van der Waals surface area contributed by atoms with Crippen LogP contribution in [-0.2, 0) is 0 Å². The van der Waals surface area contributed by atoms with Crippen molar-refractivity contribution in [1.29, 1.82) is 0 Å². The molecule has 0 amide bonds. The van der Waals surface area contributed by atoms with Crippen LogP contribution in [0.5, 0.6) is 0 Å². The highest BCUT2D eigenvalue weighted by molar-refractivity contribution is 7.97. The predicted octanol–water partition coefficient (Wildman–Crippen LogP) is 3.52. The summed E-state index contributed by atoms with van der Waals surface area (Å²) >= 11 is 1.58. The fraction of sp³-hybridized carbons (Fsp3) is 0.381. The number of piperazine rings is 1. The van der Waals surface area contributed by atoms with Crippen LogP contribution in [0, 0.1) is 11.8 Å². The van der Waals surface area contributed by atoms with Crippen LogP contribution in [0.2, 0.25) is 0 Å². The number of hydrogen-bond donors (Lipinski definition) is 2. The maximum Gasteiger partial charge on any atom is 0.397 e. The summed E-state index contributed by atoms with van der Waals surface area (Å²) in [6.45, 7) is 2.89. The Morgan fingerprint density at radius 1 is 1.23 bits per heavy atom. The van der Waals surface area contributed by atoms with E-state index in [9.17, 15) is 13.2 Å². The number of pyridine rings is 1. The van der Waals surface area contributed by atoms with Gasteiger partial charge in [-0.05, 0) is 48.7 Å². The van der Waals surface area contributed by atoms with Crippen molar-refractivity contribution in [2.45, 2.75) is 30.0 Å². The van der Waals surface area contributed by atoms with Crippen LogP contribution in [0.4, 0.5) is 24.7 Å². The normalized spacial score (nSPS) is 18.6. The highest BCUT2D eigenvalue weighted by Gasteiger charge is 2.40. The number of hydrogen-bond acceptors (Lipinski definition) is 6. The molecule has 2 heterocycles. The molecule has 0 radical (unpaired) electrons. The first-order chi connectivity index (χ1) is 14.3. The second-order valence-corrected chi connectivity index (χ2v) is 8.04. The van der Waals surface area contributed by atoms with Crippen LogP contribution >= 0.6 is 11.9 Å². The maximum atomic E-state index is 13.1. The Bertz CT molecular complexity index is 894. The molecule has 1 aliphatic heterocycles. The Balaban J connectivity index is 1.72. The smallest absolute Gasteiger partial charge is 0.395 e. The zero-order valence-electron chi connectivity index (χ0n) is 16.4. The molecule has 0 bridgehead atoms. The molecule has 1 aromatic heterocycles. The number of aliphatic hydroxyl groups excluding tert-OH is 1. The van der Waals surface area contributed by atoms with Crippen LogP contribution < -0.4 is 10.6 Å². The topological polar surface area (TPSA) is 65.6 Å². The summed E-state index contributed by atoms with van der Waals surface area (Å²) in [5.41, 5.74) is 6.49. The lowest BCUT2D eigenvalue weighted by molar-refractivity contribution is -0.158. The molecule has 3 rings (SSSR count). The molecule has 160 valence electrons. The molecule has 2 aromatic rings. The second-order valence-electron chi connectivity index (χ2n) is 6.87. The first kappa shape index (κ1) is 22.3. The molecule has 1 fully saturated rings. The summed E-state index contributed by atoms with van der Waals surface area (Å²) in [5, 5.41) is 9.14. The van der Waals surface area contributed by atoms with Crippen molar-refractivity contribution in [2.75, 3.05) is 36.9 Å². The molecule has 1 unspecified atom stereocenters. The number of nitrogen functional groups attached to an aromatic ring is 1. The van der Waals surface area contributed by atoms with Crippen LogP contribution in [-0.4, -0.2) is 52.9 Å². The van der Waals surface area contributed by atoms with Crippen LogP contribution in [0.15, 0.2) is 47.5 Å². The van der Waals surface area contributed by atoms with Crippen molar-refractivity contribution >= 4 is 23.5 Å². The van der Waals surface area contributed by atoms with Crippen molar-refractivity contribution in [3.8, 4) is 11.8 Å². The highest BCUT2D eigenvalue weighted by Crippen LogP contribution is 2.35. The van der Waals surface area contributed by atoms with Gasteiger partial charge in [-0.25, -0.2) is 9.29 Å². The quantitative estimate of drug-likeness (QED) is 0.552. The number of benzene rings is 1. The number of halogens is 3. The standard InChI is InChI=1S/C21H23F3N4OS/c1-2-3-17-13-27(30-18-8-9-20(25)26-12-18)10-11-28(17)16-6-4-15(5-7-16)19(14-29)21(22,23)24/h4-9,12,17,19,29H,10-11,13-14H2,1H3,(H2,25,26)/t17-,19?/m1/s1. The van der Waals surface area contributed by atoms with Gasteiger partial charge < -0.3 is 15.7 Å². The third-order valence-electron chi connectivity index (χ3n) is 4.85. The van der Waals surface area contributed by atoms with Gasteiger partial charge in [0.05, 0.1) is 6.61 Å². The average Bonchev–Trinajstić information content (AvgIpc) is 2.70. The van der Waals surface area contributed by atoms with Crippen LogP contribution in [0.1, 0.15) is 18.4 Å². The van der Waals surface area contributed by atoms with Gasteiger partial charge in [-0.1, -0.05) is 18.1 Å². The van der Waals surface area contributed by atoms with E-state index < -0.39 is 18.7 Å². The number of aliphatic hydroxyl groups is 1. The molecule has 0 spiro atoms. The number of alkyl halides is 3. The number of rotatable bonds is 5. The average molecular weight is 437 g/mol. The monoisotopic (exact) mass is 436 g/mol. The molecular formula is C21H23F3N4OS. The molecule has 3 N–H and O–H groups in total. The fourth-order valence-electron chi connectivity index (χ4n) is 3.33. The lowest BCUT2D eigenvalue weighted by Crippen LogP contribution is -2.50. The van der Waals surface area contributed by atoms with Gasteiger partial charge in [-0.2, -0.15) is 13.2 Å². The van der Waals surface area contributed by atoms with E-state index in [-0.39, 0.29) is 11.6 Å². The van der Waals surface area contributed by atoms with Gasteiger partial charge in [0, 0.05) is 36.4 Å². The Morgan fingerprint density at radius 3 is 2.53 bits per heavy atom. The summed E-state index contributed by atoms with van der Waals surface area (Å²) in [7, 11) is 0. The molecule has 0 saturated carbocycles. The number of aromatic nitrogens is 1. The minimum Gasteiger partial charge on any atom is -0.395 e. The van der Waals surface area contributed by atoms with Gasteiger partial charge in [0.15, 0.2) is 0 Å². The zero-order valence-corrected chi connectivity index (χ0v) is 17.2. The SMILES string of the molecule is CC#C[C@@H]1CN(Sc2ccc(N)nc2)CCN1c1ccc(C(CO)C(F)(F)F)cc1. The molecule has 9 heteroatoms. The molecule has 2 atom stereocenters. The Hall–Kier alpha value is -2.41. The second kappa shape index (κ2) is 9.60. The van der Waals surface area contributed by atoms with Crippen molar-refractivity contribution in [3.63, 3.8) is 0 Å². The third kappa shape index (κ3) is 5.39. The number of anilines is 2. The number of nitrogens with zero attached hydrogens (tertiary/aromatic N) is 3. The van der Waals surface area contributed by atoms with E-state index in [0.29, 0.717) is 18.9 Å². The summed E-state index contributed by atoms with van der Waals surface area (Å²) in [4.78, 5) is 7.18. The minimum atomic E-state index is -4.48. The molecule has 5 nitrogen and oxygen atoms in total. The first-order valence-electron chi connectivity index (χ1n) is 9.42. The van der Waals surface area contributed by atoms with E-state index in [1.807, 2.05) is 6.07 Å². The van der Waals surface area contributed by atoms with Crippen LogP contribution in [0.25, 0.3) is 0 Å². The Labute approximate surface area is 178 Å². The Kier molecular flexibility index (Phi) is 7.13. The van der Waals surface area contributed by atoms with Gasteiger partial charge in [0.1, 0.15) is 17.8 Å². The highest BCUT2D eigenvalue weighted by atomic mass is 32.2. The summed E-state index contributed by atoms with van der Waals surface area (Å²) in [5.74, 6) is 4.74. The largest absolute Gasteiger partial charge is 0.397 e. The molecule has 1 saturated heterocycles. The maximum absolute atomic E-state index is 13.1. The van der Waals surface area contributed by atoms with Crippen molar-refractivity contribution < 1.29 is 18.3 Å². The zero-order chi connectivity index (χ0) is 21.7. The van der Waals surface area contributed by atoms with E-state index in [1.54, 1.807) is 43.3 Å². The van der Waals surface area contributed by atoms with Gasteiger partial charge >= 0.3 is 6.18 Å². The van der Waals surface area contributed by atoms with Gasteiger partial charge in [0.25, 0.3) is 0 Å². The van der Waals surface area contributed by atoms with E-state index in [2.05, 4.69) is 26.0 Å². The summed E-state index contributed by atoms with van der Waals surface area (Å²) in [6.07, 6.45) is -2.75. The van der Waals surface area contributed by atoms with Crippen molar-refractivity contribution in [1.82, 2.24) is 9.29 Å². The lowest BCUT2D eigenvalue weighted by atomic mass is 9.98. The summed E-state index contributed by atoms with van der Waals surface area (Å²) in [6, 6.07) is 9.77. The van der Waals surface area contributed by atoms with Gasteiger partial charge in [0.2, 0.25) is 0 Å². The van der Waals surface area contributed by atoms with Crippen molar-refractivity contribution in [2.24, 2.45) is 0 Å². The lowest BCUT2D eigenvalue weighted by Gasteiger charge is -2.40. The first-order valence-corrected chi connectivity index (χ1v) is 10.2. The number of nitrogens with two attached hydrogens (primary N) is 1. The minimum absolute atomic E-state index is 0.0527. The third-order valence-corrected chi connectivity index (χ3v) is 5.89. The van der Waals surface area contributed by atoms with Gasteiger partial charge in [-0.3, -0.25) is 0 Å². The van der Waals surface area contributed by atoms with E-state index in [1.165, 1.54) is 12.1 Å². The predicted molar refractivity (Wildman–Crippen MR) is 113 cm³/mol. The van der Waals surface area contributed by atoms with Gasteiger partial charge in [-0.15, -0.1) is 5.92 Å². The Morgan fingerprint density at radius 2 is 1.97 bits per heavy atom. The van der Waals surface area contributed by atoms with E-state index in [0.717, 1.165) is 17.1 Å². The molecular weight excluding hydrogens is 413 g/mol. The molecule has 30 heavy (non-hydrogen) atoms. The van der Waals surface area contributed by atoms with E-state index in [4.69, 9.17) is 10.8 Å². The van der Waals surface area contributed by atoms with Crippen molar-refractivity contribution in [3.05, 3.63) is 48.2 Å².